The molecule has 0 atom stereocenters. The van der Waals surface area contributed by atoms with Gasteiger partial charge in [-0.2, -0.15) is 0 Å². The Kier molecular flexibility index (Phi) is 9.94. The highest BCUT2D eigenvalue weighted by Gasteiger charge is 2.01. The quantitative estimate of drug-likeness (QED) is 0.560. The van der Waals surface area contributed by atoms with E-state index in [0.29, 0.717) is 0 Å². The molecule has 0 aliphatic heterocycles. The molecule has 0 spiro atoms. The molecule has 0 aliphatic rings. The number of hydrogen-bond donors (Lipinski definition) is 1. The molecule has 0 bridgehead atoms. The van der Waals surface area contributed by atoms with Crippen molar-refractivity contribution < 1.29 is 4.74 Å². The van der Waals surface area contributed by atoms with E-state index in [1.165, 1.54) is 25.7 Å². The highest BCUT2D eigenvalue weighted by molar-refractivity contribution is 4.56. The van der Waals surface area contributed by atoms with Gasteiger partial charge in [-0.25, -0.2) is 0 Å². The minimum absolute atomic E-state index is 0.824. The van der Waals surface area contributed by atoms with E-state index in [-0.39, 0.29) is 0 Å². The van der Waals surface area contributed by atoms with Crippen molar-refractivity contribution in [1.82, 2.24) is 5.32 Å². The van der Waals surface area contributed by atoms with Crippen molar-refractivity contribution in [3.63, 3.8) is 0 Å². The Morgan fingerprint density at radius 1 is 1.15 bits per heavy atom. The Morgan fingerprint density at radius 3 is 2.38 bits per heavy atom. The summed E-state index contributed by atoms with van der Waals surface area (Å²) in [4.78, 5) is 0. The van der Waals surface area contributed by atoms with E-state index >= 15 is 0 Å². The normalized spacial score (nSPS) is 11.1. The van der Waals surface area contributed by atoms with Gasteiger partial charge in [0.15, 0.2) is 0 Å². The van der Waals surface area contributed by atoms with Crippen molar-refractivity contribution in [3.8, 4) is 0 Å². The lowest BCUT2D eigenvalue weighted by Crippen LogP contribution is -2.20. The van der Waals surface area contributed by atoms with Crippen LogP contribution in [0.2, 0.25) is 0 Å². The molecule has 0 radical (unpaired) electrons. The molecule has 1 N–H and O–H groups in total. The van der Waals surface area contributed by atoms with Crippen LogP contribution in [0.3, 0.4) is 0 Å². The van der Waals surface area contributed by atoms with Crippen molar-refractivity contribution in [1.29, 1.82) is 0 Å². The van der Waals surface area contributed by atoms with Crippen LogP contribution in [0, 0.1) is 5.92 Å². The SMILES string of the molecule is CCC(CC)CCCNCCOC. The topological polar surface area (TPSA) is 21.3 Å². The van der Waals surface area contributed by atoms with Crippen molar-refractivity contribution in [2.24, 2.45) is 5.92 Å². The van der Waals surface area contributed by atoms with Gasteiger partial charge in [0.05, 0.1) is 6.61 Å². The number of methoxy groups -OCH3 is 1. The smallest absolute Gasteiger partial charge is 0.0587 e. The zero-order chi connectivity index (χ0) is 9.94. The Balaban J connectivity index is 3.05. The van der Waals surface area contributed by atoms with E-state index in [4.69, 9.17) is 4.74 Å². The summed E-state index contributed by atoms with van der Waals surface area (Å²) >= 11 is 0. The third-order valence-electron chi connectivity index (χ3n) is 2.60. The molecule has 0 aromatic rings. The number of hydrogen-bond acceptors (Lipinski definition) is 2. The zero-order valence-corrected chi connectivity index (χ0v) is 9.44. The van der Waals surface area contributed by atoms with E-state index < -0.39 is 0 Å². The molecular formula is C11H25NO. The standard InChI is InChI=1S/C11H25NO/c1-4-11(5-2)7-6-8-12-9-10-13-3/h11-12H,4-10H2,1-3H3. The Bertz CT molecular complexity index is 92.1. The summed E-state index contributed by atoms with van der Waals surface area (Å²) < 4.78 is 4.95. The van der Waals surface area contributed by atoms with Gasteiger partial charge in [-0.15, -0.1) is 0 Å². The lowest BCUT2D eigenvalue weighted by molar-refractivity contribution is 0.199. The number of ether oxygens (including phenoxy) is 1. The zero-order valence-electron chi connectivity index (χ0n) is 9.44. The molecule has 0 saturated carbocycles. The first-order valence-corrected chi connectivity index (χ1v) is 5.54. The molecule has 0 rings (SSSR count). The van der Waals surface area contributed by atoms with Gasteiger partial charge in [0.1, 0.15) is 0 Å². The van der Waals surface area contributed by atoms with E-state index in [1.807, 2.05) is 0 Å². The molecule has 13 heavy (non-hydrogen) atoms. The van der Waals surface area contributed by atoms with Crippen LogP contribution in [0.1, 0.15) is 39.5 Å². The average Bonchev–Trinajstić information content (AvgIpc) is 2.17. The summed E-state index contributed by atoms with van der Waals surface area (Å²) in [5, 5.41) is 3.36. The Morgan fingerprint density at radius 2 is 1.85 bits per heavy atom. The van der Waals surface area contributed by atoms with Crippen LogP contribution in [-0.2, 0) is 4.74 Å². The van der Waals surface area contributed by atoms with Crippen molar-refractivity contribution in [2.75, 3.05) is 26.8 Å². The summed E-state index contributed by atoms with van der Waals surface area (Å²) in [6.07, 6.45) is 5.33. The number of rotatable bonds is 9. The predicted molar refractivity (Wildman–Crippen MR) is 58.1 cm³/mol. The van der Waals surface area contributed by atoms with Crippen LogP contribution in [0.5, 0.6) is 0 Å². The van der Waals surface area contributed by atoms with Crippen molar-refractivity contribution >= 4 is 0 Å². The number of nitrogens with one attached hydrogen (secondary N) is 1. The molecule has 0 unspecified atom stereocenters. The first kappa shape index (κ1) is 12.9. The second kappa shape index (κ2) is 10.0. The summed E-state index contributed by atoms with van der Waals surface area (Å²) in [5.41, 5.74) is 0. The van der Waals surface area contributed by atoms with Crippen LogP contribution in [0.15, 0.2) is 0 Å². The van der Waals surface area contributed by atoms with E-state index in [9.17, 15) is 0 Å². The van der Waals surface area contributed by atoms with E-state index in [2.05, 4.69) is 19.2 Å². The molecule has 80 valence electrons. The minimum atomic E-state index is 0.824. The van der Waals surface area contributed by atoms with Gasteiger partial charge in [0, 0.05) is 13.7 Å². The van der Waals surface area contributed by atoms with E-state index in [0.717, 1.165) is 25.6 Å². The highest BCUT2D eigenvalue weighted by atomic mass is 16.5. The fraction of sp³-hybridized carbons (Fsp3) is 1.00. The summed E-state index contributed by atoms with van der Waals surface area (Å²) in [5.74, 6) is 0.934. The van der Waals surface area contributed by atoms with Gasteiger partial charge in [0.2, 0.25) is 0 Å². The lowest BCUT2D eigenvalue weighted by atomic mass is 9.98. The van der Waals surface area contributed by atoms with Gasteiger partial charge in [0.25, 0.3) is 0 Å². The van der Waals surface area contributed by atoms with E-state index in [1.54, 1.807) is 7.11 Å². The molecule has 0 aromatic heterocycles. The third kappa shape index (κ3) is 8.26. The minimum Gasteiger partial charge on any atom is -0.383 e. The Hall–Kier alpha value is -0.0800. The van der Waals surface area contributed by atoms with Crippen LogP contribution in [-0.4, -0.2) is 26.8 Å². The summed E-state index contributed by atoms with van der Waals surface area (Å²) in [6, 6.07) is 0. The molecule has 0 fully saturated rings. The van der Waals surface area contributed by atoms with Gasteiger partial charge in [-0.1, -0.05) is 26.7 Å². The first-order valence-electron chi connectivity index (χ1n) is 5.54. The molecule has 2 nitrogen and oxygen atoms in total. The fourth-order valence-corrected chi connectivity index (χ4v) is 1.51. The molecule has 0 aliphatic carbocycles. The molecule has 0 amide bonds. The lowest BCUT2D eigenvalue weighted by Gasteiger charge is -2.11. The highest BCUT2D eigenvalue weighted by Crippen LogP contribution is 2.13. The van der Waals surface area contributed by atoms with Crippen LogP contribution >= 0.6 is 0 Å². The molecule has 0 aromatic carbocycles. The maximum Gasteiger partial charge on any atom is 0.0587 e. The Labute approximate surface area is 83.1 Å². The summed E-state index contributed by atoms with van der Waals surface area (Å²) in [6.45, 7) is 7.52. The van der Waals surface area contributed by atoms with Gasteiger partial charge >= 0.3 is 0 Å². The fourth-order valence-electron chi connectivity index (χ4n) is 1.51. The van der Waals surface area contributed by atoms with Crippen LogP contribution in [0.4, 0.5) is 0 Å². The monoisotopic (exact) mass is 187 g/mol. The van der Waals surface area contributed by atoms with Gasteiger partial charge < -0.3 is 10.1 Å². The second-order valence-corrected chi connectivity index (χ2v) is 3.57. The summed E-state index contributed by atoms with van der Waals surface area (Å²) in [7, 11) is 1.74. The third-order valence-corrected chi connectivity index (χ3v) is 2.60. The molecular weight excluding hydrogens is 162 g/mol. The average molecular weight is 187 g/mol. The van der Waals surface area contributed by atoms with Crippen molar-refractivity contribution in [3.05, 3.63) is 0 Å². The molecule has 2 heteroatoms. The van der Waals surface area contributed by atoms with Crippen LogP contribution < -0.4 is 5.32 Å². The van der Waals surface area contributed by atoms with Gasteiger partial charge in [-0.3, -0.25) is 0 Å². The first-order chi connectivity index (χ1) is 6.35. The van der Waals surface area contributed by atoms with Crippen molar-refractivity contribution in [2.45, 2.75) is 39.5 Å². The maximum atomic E-state index is 4.95. The second-order valence-electron chi connectivity index (χ2n) is 3.57. The maximum absolute atomic E-state index is 4.95. The van der Waals surface area contributed by atoms with Crippen LogP contribution in [0.25, 0.3) is 0 Å². The largest absolute Gasteiger partial charge is 0.383 e. The predicted octanol–water partition coefficient (Wildman–Crippen LogP) is 2.44. The molecule has 0 heterocycles. The molecule has 0 saturated heterocycles. The van der Waals surface area contributed by atoms with Gasteiger partial charge in [-0.05, 0) is 25.3 Å².